The third kappa shape index (κ3) is 2.01. The van der Waals surface area contributed by atoms with E-state index in [1.165, 1.54) is 0 Å². The Bertz CT molecular complexity index is 201. The second-order valence-corrected chi connectivity index (χ2v) is 1.90. The van der Waals surface area contributed by atoms with Gasteiger partial charge < -0.3 is 11.5 Å². The van der Waals surface area contributed by atoms with Gasteiger partial charge in [-0.1, -0.05) is 18.2 Å². The van der Waals surface area contributed by atoms with Crippen molar-refractivity contribution in [3.63, 3.8) is 0 Å². The van der Waals surface area contributed by atoms with Crippen molar-refractivity contribution in [1.29, 1.82) is 0 Å². The first-order valence-electron chi connectivity index (χ1n) is 2.88. The quantitative estimate of drug-likeness (QED) is 0.495. The standard InChI is InChI=1S/C7H10N2.Ni/c8-5-6-3-1-2-4-7(6)9;/h1-4H,5,8-9H2;. The zero-order chi connectivity index (χ0) is 6.69. The molecular formula is C7H10N2Ni. The van der Waals surface area contributed by atoms with E-state index in [0.717, 1.165) is 11.3 Å². The third-order valence-corrected chi connectivity index (χ3v) is 1.28. The first kappa shape index (κ1) is 9.47. The SMILES string of the molecule is NCc1ccccc1N.[Ni]. The van der Waals surface area contributed by atoms with E-state index in [4.69, 9.17) is 11.5 Å². The van der Waals surface area contributed by atoms with Crippen LogP contribution in [0.3, 0.4) is 0 Å². The number of rotatable bonds is 1. The van der Waals surface area contributed by atoms with Crippen LogP contribution in [0.2, 0.25) is 0 Å². The van der Waals surface area contributed by atoms with Crippen molar-refractivity contribution >= 4 is 5.69 Å². The molecule has 0 saturated heterocycles. The van der Waals surface area contributed by atoms with Crippen LogP contribution in [0.15, 0.2) is 24.3 Å². The van der Waals surface area contributed by atoms with E-state index in [-0.39, 0.29) is 16.5 Å². The van der Waals surface area contributed by atoms with E-state index >= 15 is 0 Å². The number of benzene rings is 1. The van der Waals surface area contributed by atoms with Crippen molar-refractivity contribution < 1.29 is 16.5 Å². The van der Waals surface area contributed by atoms with Gasteiger partial charge >= 0.3 is 0 Å². The van der Waals surface area contributed by atoms with Gasteiger partial charge in [-0.15, -0.1) is 0 Å². The average molecular weight is 181 g/mol. The van der Waals surface area contributed by atoms with E-state index in [2.05, 4.69) is 0 Å². The summed E-state index contributed by atoms with van der Waals surface area (Å²) in [4.78, 5) is 0. The molecule has 0 atom stereocenters. The van der Waals surface area contributed by atoms with Crippen LogP contribution < -0.4 is 11.5 Å². The fourth-order valence-electron chi connectivity index (χ4n) is 0.720. The van der Waals surface area contributed by atoms with Crippen molar-refractivity contribution in [2.75, 3.05) is 5.73 Å². The molecule has 0 fully saturated rings. The van der Waals surface area contributed by atoms with Gasteiger partial charge in [-0.25, -0.2) is 0 Å². The van der Waals surface area contributed by atoms with Crippen LogP contribution in [0.1, 0.15) is 5.56 Å². The van der Waals surface area contributed by atoms with E-state index < -0.39 is 0 Å². The summed E-state index contributed by atoms with van der Waals surface area (Å²) in [5.74, 6) is 0. The van der Waals surface area contributed by atoms with Crippen LogP contribution >= 0.6 is 0 Å². The predicted octanol–water partition coefficient (Wildman–Crippen LogP) is 0.725. The Labute approximate surface area is 70.5 Å². The Kier molecular flexibility index (Phi) is 4.09. The van der Waals surface area contributed by atoms with Gasteiger partial charge in [0, 0.05) is 28.7 Å². The van der Waals surface area contributed by atoms with Gasteiger partial charge in [0.05, 0.1) is 0 Å². The molecular weight excluding hydrogens is 171 g/mol. The summed E-state index contributed by atoms with van der Waals surface area (Å²) in [6.45, 7) is 0.521. The van der Waals surface area contributed by atoms with Gasteiger partial charge in [0.2, 0.25) is 0 Å². The molecule has 0 unspecified atom stereocenters. The van der Waals surface area contributed by atoms with E-state index in [9.17, 15) is 0 Å². The fourth-order valence-corrected chi connectivity index (χ4v) is 0.720. The van der Waals surface area contributed by atoms with Gasteiger partial charge in [0.25, 0.3) is 0 Å². The molecule has 0 aliphatic carbocycles. The summed E-state index contributed by atoms with van der Waals surface area (Å²) in [6, 6.07) is 7.60. The van der Waals surface area contributed by atoms with E-state index in [1.807, 2.05) is 24.3 Å². The molecule has 4 N–H and O–H groups in total. The smallest absolute Gasteiger partial charge is 0.0359 e. The first-order chi connectivity index (χ1) is 4.34. The predicted molar refractivity (Wildman–Crippen MR) is 38.7 cm³/mol. The molecule has 0 spiro atoms. The Morgan fingerprint density at radius 3 is 2.20 bits per heavy atom. The third-order valence-electron chi connectivity index (χ3n) is 1.28. The van der Waals surface area contributed by atoms with Gasteiger partial charge in [-0.3, -0.25) is 0 Å². The summed E-state index contributed by atoms with van der Waals surface area (Å²) in [7, 11) is 0. The van der Waals surface area contributed by atoms with Crippen molar-refractivity contribution in [2.45, 2.75) is 6.54 Å². The van der Waals surface area contributed by atoms with Crippen molar-refractivity contribution in [3.05, 3.63) is 29.8 Å². The van der Waals surface area contributed by atoms with Crippen LogP contribution in [0.4, 0.5) is 5.69 Å². The maximum atomic E-state index is 5.55. The number of para-hydroxylation sites is 1. The van der Waals surface area contributed by atoms with E-state index in [0.29, 0.717) is 6.54 Å². The molecule has 0 amide bonds. The summed E-state index contributed by atoms with van der Waals surface area (Å²) in [6.07, 6.45) is 0. The van der Waals surface area contributed by atoms with Crippen LogP contribution in [-0.4, -0.2) is 0 Å². The molecule has 1 rings (SSSR count). The monoisotopic (exact) mass is 180 g/mol. The molecule has 1 aromatic rings. The Morgan fingerprint density at radius 2 is 1.80 bits per heavy atom. The maximum Gasteiger partial charge on any atom is 0.0359 e. The van der Waals surface area contributed by atoms with Crippen molar-refractivity contribution in [2.24, 2.45) is 5.73 Å². The van der Waals surface area contributed by atoms with Crippen LogP contribution in [0.25, 0.3) is 0 Å². The Hall–Kier alpha value is -0.526. The zero-order valence-electron chi connectivity index (χ0n) is 5.49. The van der Waals surface area contributed by atoms with Crippen LogP contribution in [0, 0.1) is 0 Å². The molecule has 1 aromatic carbocycles. The second-order valence-electron chi connectivity index (χ2n) is 1.90. The molecule has 0 aliphatic heterocycles. The van der Waals surface area contributed by atoms with Gasteiger partial charge in [-0.2, -0.15) is 0 Å². The molecule has 0 bridgehead atoms. The Balaban J connectivity index is 0.000000810. The summed E-state index contributed by atoms with van der Waals surface area (Å²) >= 11 is 0. The van der Waals surface area contributed by atoms with Crippen molar-refractivity contribution in [1.82, 2.24) is 0 Å². The second kappa shape index (κ2) is 4.31. The van der Waals surface area contributed by atoms with Crippen LogP contribution in [0.5, 0.6) is 0 Å². The molecule has 0 aliphatic rings. The first-order valence-corrected chi connectivity index (χ1v) is 2.88. The van der Waals surface area contributed by atoms with Gasteiger partial charge in [0.1, 0.15) is 0 Å². The molecule has 0 saturated carbocycles. The molecule has 0 radical (unpaired) electrons. The summed E-state index contributed by atoms with van der Waals surface area (Å²) < 4.78 is 0. The van der Waals surface area contributed by atoms with Crippen LogP contribution in [-0.2, 0) is 23.0 Å². The molecule has 0 heterocycles. The van der Waals surface area contributed by atoms with Gasteiger partial charge in [-0.05, 0) is 11.6 Å². The van der Waals surface area contributed by atoms with Crippen molar-refractivity contribution in [3.8, 4) is 0 Å². The summed E-state index contributed by atoms with van der Waals surface area (Å²) in [5, 5.41) is 0. The largest absolute Gasteiger partial charge is 0.398 e. The number of nitrogen functional groups attached to an aromatic ring is 1. The maximum absolute atomic E-state index is 5.55. The molecule has 0 aromatic heterocycles. The molecule has 58 valence electrons. The minimum Gasteiger partial charge on any atom is -0.398 e. The fraction of sp³-hybridized carbons (Fsp3) is 0.143. The number of hydrogen-bond donors (Lipinski definition) is 2. The van der Waals surface area contributed by atoms with E-state index in [1.54, 1.807) is 0 Å². The minimum absolute atomic E-state index is 0. The number of anilines is 1. The minimum atomic E-state index is 0. The number of nitrogens with two attached hydrogens (primary N) is 2. The van der Waals surface area contributed by atoms with Gasteiger partial charge in [0.15, 0.2) is 0 Å². The summed E-state index contributed by atoms with van der Waals surface area (Å²) in [5.41, 5.74) is 12.7. The topological polar surface area (TPSA) is 52.0 Å². The molecule has 3 heteroatoms. The normalized spacial score (nSPS) is 8.50. The average Bonchev–Trinajstić information content (AvgIpc) is 1.89. The molecule has 2 nitrogen and oxygen atoms in total. The number of hydrogen-bond acceptors (Lipinski definition) is 2. The molecule has 10 heavy (non-hydrogen) atoms. The zero-order valence-corrected chi connectivity index (χ0v) is 6.48. The Morgan fingerprint density at radius 1 is 1.20 bits per heavy atom.